The fourth-order valence-corrected chi connectivity index (χ4v) is 3.05. The maximum absolute atomic E-state index is 12.8. The van der Waals surface area contributed by atoms with Gasteiger partial charge in [0, 0.05) is 12.6 Å². The number of rotatable bonds is 6. The van der Waals surface area contributed by atoms with Crippen molar-refractivity contribution in [3.05, 3.63) is 35.4 Å². The highest BCUT2D eigenvalue weighted by Gasteiger charge is 2.49. The summed E-state index contributed by atoms with van der Waals surface area (Å²) in [7, 11) is 0. The SMILES string of the molecule is Cc1ccc(C2(C)NC(=O)N(CC(=O)NCC(N)C3CC3)C2=O)cc1.Cl. The molecule has 26 heavy (non-hydrogen) atoms. The van der Waals surface area contributed by atoms with Gasteiger partial charge in [0.1, 0.15) is 12.1 Å². The molecule has 4 amide bonds. The third kappa shape index (κ3) is 3.99. The number of carbonyl (C=O) groups excluding carboxylic acids is 3. The van der Waals surface area contributed by atoms with Gasteiger partial charge in [-0.2, -0.15) is 0 Å². The molecule has 1 heterocycles. The van der Waals surface area contributed by atoms with Crippen LogP contribution in [0.2, 0.25) is 0 Å². The van der Waals surface area contributed by atoms with Gasteiger partial charge in [0.15, 0.2) is 0 Å². The second-order valence-electron chi connectivity index (χ2n) is 7.12. The molecule has 3 rings (SSSR count). The monoisotopic (exact) mass is 380 g/mol. The van der Waals surface area contributed by atoms with Crippen LogP contribution < -0.4 is 16.4 Å². The van der Waals surface area contributed by atoms with E-state index in [1.165, 1.54) is 0 Å². The number of nitrogens with zero attached hydrogens (tertiary/aromatic N) is 1. The standard InChI is InChI=1S/C18H24N4O3.ClH/c1-11-3-7-13(8-4-11)18(2)16(24)22(17(25)21-18)10-15(23)20-9-14(19)12-5-6-12;/h3-4,7-8,12,14H,5-6,9-10,19H2,1-2H3,(H,20,23)(H,21,25);1H. The van der Waals surface area contributed by atoms with Crippen molar-refractivity contribution in [3.63, 3.8) is 0 Å². The minimum atomic E-state index is -1.16. The molecule has 2 fully saturated rings. The van der Waals surface area contributed by atoms with Gasteiger partial charge in [0.05, 0.1) is 0 Å². The third-order valence-corrected chi connectivity index (χ3v) is 4.97. The number of benzene rings is 1. The molecule has 7 nitrogen and oxygen atoms in total. The van der Waals surface area contributed by atoms with Gasteiger partial charge in [-0.25, -0.2) is 4.79 Å². The zero-order chi connectivity index (χ0) is 18.2. The molecule has 2 unspecified atom stereocenters. The van der Waals surface area contributed by atoms with Crippen LogP contribution in [-0.2, 0) is 15.1 Å². The number of urea groups is 1. The lowest BCUT2D eigenvalue weighted by Gasteiger charge is -2.22. The number of aryl methyl sites for hydroxylation is 1. The number of hydrogen-bond donors (Lipinski definition) is 3. The van der Waals surface area contributed by atoms with E-state index in [0.29, 0.717) is 18.0 Å². The summed E-state index contributed by atoms with van der Waals surface area (Å²) >= 11 is 0. The highest BCUT2D eigenvalue weighted by molar-refractivity contribution is 6.09. The molecule has 0 radical (unpaired) electrons. The average molecular weight is 381 g/mol. The predicted octanol–water partition coefficient (Wildman–Crippen LogP) is 1.04. The van der Waals surface area contributed by atoms with Gasteiger partial charge in [0.25, 0.3) is 5.91 Å². The van der Waals surface area contributed by atoms with E-state index in [2.05, 4.69) is 10.6 Å². The van der Waals surface area contributed by atoms with Gasteiger partial charge in [0.2, 0.25) is 5.91 Å². The van der Waals surface area contributed by atoms with E-state index >= 15 is 0 Å². The molecule has 1 saturated carbocycles. The van der Waals surface area contributed by atoms with Gasteiger partial charge in [-0.05, 0) is 38.2 Å². The van der Waals surface area contributed by atoms with Gasteiger partial charge in [-0.3, -0.25) is 14.5 Å². The summed E-state index contributed by atoms with van der Waals surface area (Å²) in [6.07, 6.45) is 2.19. The number of imide groups is 1. The first-order valence-corrected chi connectivity index (χ1v) is 8.55. The first-order chi connectivity index (χ1) is 11.8. The van der Waals surface area contributed by atoms with E-state index in [1.807, 2.05) is 31.2 Å². The number of hydrogen-bond acceptors (Lipinski definition) is 4. The van der Waals surface area contributed by atoms with Crippen molar-refractivity contribution in [2.24, 2.45) is 11.7 Å². The summed E-state index contributed by atoms with van der Waals surface area (Å²) in [5, 5.41) is 5.41. The molecule has 0 bridgehead atoms. The zero-order valence-corrected chi connectivity index (χ0v) is 15.8. The molecule has 4 N–H and O–H groups in total. The highest BCUT2D eigenvalue weighted by Crippen LogP contribution is 2.31. The Morgan fingerprint density at radius 1 is 1.35 bits per heavy atom. The van der Waals surface area contributed by atoms with Crippen LogP contribution in [-0.4, -0.2) is 41.9 Å². The van der Waals surface area contributed by atoms with Gasteiger partial charge in [-0.15, -0.1) is 12.4 Å². The molecule has 1 aromatic rings. The number of carbonyl (C=O) groups is 3. The quantitative estimate of drug-likeness (QED) is 0.641. The van der Waals surface area contributed by atoms with Gasteiger partial charge in [-0.1, -0.05) is 29.8 Å². The fourth-order valence-electron chi connectivity index (χ4n) is 3.05. The van der Waals surface area contributed by atoms with E-state index in [0.717, 1.165) is 23.3 Å². The Balaban J connectivity index is 0.00000243. The van der Waals surface area contributed by atoms with E-state index in [9.17, 15) is 14.4 Å². The van der Waals surface area contributed by atoms with Crippen molar-refractivity contribution >= 4 is 30.3 Å². The molecule has 1 aromatic carbocycles. The predicted molar refractivity (Wildman–Crippen MR) is 99.7 cm³/mol. The minimum Gasteiger partial charge on any atom is -0.353 e. The Labute approximate surface area is 159 Å². The van der Waals surface area contributed by atoms with Crippen LogP contribution in [0.25, 0.3) is 0 Å². The molecule has 2 aliphatic rings. The molecular formula is C18H25ClN4O3. The van der Waals surface area contributed by atoms with Crippen molar-refractivity contribution < 1.29 is 14.4 Å². The Morgan fingerprint density at radius 2 is 1.96 bits per heavy atom. The summed E-state index contributed by atoms with van der Waals surface area (Å²) in [4.78, 5) is 38.0. The van der Waals surface area contributed by atoms with Crippen LogP contribution in [0.4, 0.5) is 4.79 Å². The molecule has 1 aliphatic carbocycles. The Hall–Kier alpha value is -2.12. The molecule has 2 atom stereocenters. The van der Waals surface area contributed by atoms with Crippen molar-refractivity contribution in [2.75, 3.05) is 13.1 Å². The Kier molecular flexibility index (Phi) is 5.93. The zero-order valence-electron chi connectivity index (χ0n) is 15.0. The molecule has 0 spiro atoms. The fraction of sp³-hybridized carbons (Fsp3) is 0.500. The van der Waals surface area contributed by atoms with Gasteiger partial charge < -0.3 is 16.4 Å². The van der Waals surface area contributed by atoms with Crippen LogP contribution >= 0.6 is 12.4 Å². The number of amides is 4. The average Bonchev–Trinajstić information content (AvgIpc) is 3.39. The summed E-state index contributed by atoms with van der Waals surface area (Å²) < 4.78 is 0. The molecular weight excluding hydrogens is 356 g/mol. The second kappa shape index (κ2) is 7.63. The summed E-state index contributed by atoms with van der Waals surface area (Å²) in [5.74, 6) is -0.336. The molecule has 142 valence electrons. The van der Waals surface area contributed by atoms with Crippen molar-refractivity contribution in [1.29, 1.82) is 0 Å². The lowest BCUT2D eigenvalue weighted by atomic mass is 9.91. The maximum atomic E-state index is 12.8. The molecule has 1 aliphatic heterocycles. The second-order valence-corrected chi connectivity index (χ2v) is 7.12. The lowest BCUT2D eigenvalue weighted by molar-refractivity contribution is -0.134. The third-order valence-electron chi connectivity index (χ3n) is 4.97. The van der Waals surface area contributed by atoms with Crippen LogP contribution in [0, 0.1) is 12.8 Å². The molecule has 8 heteroatoms. The van der Waals surface area contributed by atoms with Crippen LogP contribution in [0.1, 0.15) is 30.9 Å². The largest absolute Gasteiger partial charge is 0.353 e. The molecule has 1 saturated heterocycles. The lowest BCUT2D eigenvalue weighted by Crippen LogP contribution is -2.45. The van der Waals surface area contributed by atoms with Crippen LogP contribution in [0.3, 0.4) is 0 Å². The van der Waals surface area contributed by atoms with E-state index in [1.54, 1.807) is 6.92 Å². The maximum Gasteiger partial charge on any atom is 0.325 e. The topological polar surface area (TPSA) is 105 Å². The van der Waals surface area contributed by atoms with E-state index < -0.39 is 17.5 Å². The van der Waals surface area contributed by atoms with Crippen LogP contribution in [0.5, 0.6) is 0 Å². The summed E-state index contributed by atoms with van der Waals surface area (Å²) in [6.45, 7) is 3.66. The van der Waals surface area contributed by atoms with E-state index in [4.69, 9.17) is 5.73 Å². The summed E-state index contributed by atoms with van der Waals surface area (Å²) in [5.41, 5.74) is 6.54. The minimum absolute atomic E-state index is 0. The van der Waals surface area contributed by atoms with E-state index in [-0.39, 0.29) is 30.9 Å². The number of halogens is 1. The van der Waals surface area contributed by atoms with Crippen molar-refractivity contribution in [2.45, 2.75) is 38.3 Å². The smallest absolute Gasteiger partial charge is 0.325 e. The van der Waals surface area contributed by atoms with Gasteiger partial charge >= 0.3 is 6.03 Å². The number of nitrogens with one attached hydrogen (secondary N) is 2. The number of nitrogens with two attached hydrogens (primary N) is 1. The Bertz CT molecular complexity index is 705. The Morgan fingerprint density at radius 3 is 2.54 bits per heavy atom. The normalized spacial score (nSPS) is 23.3. The summed E-state index contributed by atoms with van der Waals surface area (Å²) in [6, 6.07) is 6.76. The first kappa shape index (κ1) is 20.2. The van der Waals surface area contributed by atoms with Crippen LogP contribution in [0.15, 0.2) is 24.3 Å². The van der Waals surface area contributed by atoms with Crippen molar-refractivity contribution in [1.82, 2.24) is 15.5 Å². The molecule has 0 aromatic heterocycles. The first-order valence-electron chi connectivity index (χ1n) is 8.55. The highest BCUT2D eigenvalue weighted by atomic mass is 35.5. The van der Waals surface area contributed by atoms with Crippen molar-refractivity contribution in [3.8, 4) is 0 Å².